The summed E-state index contributed by atoms with van der Waals surface area (Å²) < 4.78 is 2.34. The second-order valence-corrected chi connectivity index (χ2v) is 5.80. The van der Waals surface area contributed by atoms with Gasteiger partial charge in [-0.25, -0.2) is 14.5 Å². The van der Waals surface area contributed by atoms with Crippen LogP contribution in [-0.4, -0.2) is 30.7 Å². The maximum Gasteiger partial charge on any atom is 0.306 e. The largest absolute Gasteiger partial charge is 0.481 e. The highest BCUT2D eigenvalue weighted by Gasteiger charge is 2.30. The van der Waals surface area contributed by atoms with Crippen LogP contribution in [0.2, 0.25) is 0 Å². The Morgan fingerprint density at radius 2 is 2.10 bits per heavy atom. The maximum absolute atomic E-state index is 11.0. The van der Waals surface area contributed by atoms with E-state index in [1.165, 1.54) is 6.33 Å². The standard InChI is InChI=1S/C12H14BrN5O2/c13-9-8-10(14)15-5-16-18(8)11(17-9)6-1-3-7(4-2-6)12(19)20/h5-7H,1-4H2,(H,19,20)(H2,14,15,16). The summed E-state index contributed by atoms with van der Waals surface area (Å²) in [6, 6.07) is 0. The van der Waals surface area contributed by atoms with E-state index in [9.17, 15) is 4.79 Å². The third-order valence-corrected chi connectivity index (χ3v) is 4.44. The summed E-state index contributed by atoms with van der Waals surface area (Å²) in [6.45, 7) is 0. The zero-order valence-corrected chi connectivity index (χ0v) is 12.2. The van der Waals surface area contributed by atoms with Crippen molar-refractivity contribution < 1.29 is 9.90 Å². The summed E-state index contributed by atoms with van der Waals surface area (Å²) in [4.78, 5) is 19.4. The molecule has 7 nitrogen and oxygen atoms in total. The Morgan fingerprint density at radius 1 is 1.40 bits per heavy atom. The van der Waals surface area contributed by atoms with Crippen LogP contribution in [0.25, 0.3) is 5.52 Å². The average molecular weight is 340 g/mol. The van der Waals surface area contributed by atoms with E-state index in [1.807, 2.05) is 0 Å². The van der Waals surface area contributed by atoms with Crippen LogP contribution >= 0.6 is 15.9 Å². The summed E-state index contributed by atoms with van der Waals surface area (Å²) in [6.07, 6.45) is 4.35. The topological polar surface area (TPSA) is 106 Å². The van der Waals surface area contributed by atoms with E-state index in [1.54, 1.807) is 4.52 Å². The number of rotatable bonds is 2. The third-order valence-electron chi connectivity index (χ3n) is 3.89. The van der Waals surface area contributed by atoms with Crippen LogP contribution in [0.3, 0.4) is 0 Å². The van der Waals surface area contributed by atoms with Crippen LogP contribution in [0.1, 0.15) is 37.4 Å². The van der Waals surface area contributed by atoms with Gasteiger partial charge in [-0.2, -0.15) is 5.10 Å². The minimum atomic E-state index is -0.704. The maximum atomic E-state index is 11.0. The van der Waals surface area contributed by atoms with Gasteiger partial charge in [0, 0.05) is 5.92 Å². The molecule has 0 saturated heterocycles. The molecule has 0 amide bonds. The van der Waals surface area contributed by atoms with E-state index >= 15 is 0 Å². The molecule has 2 aromatic heterocycles. The lowest BCUT2D eigenvalue weighted by Crippen LogP contribution is -2.21. The van der Waals surface area contributed by atoms with Gasteiger partial charge >= 0.3 is 5.97 Å². The van der Waals surface area contributed by atoms with Gasteiger partial charge in [-0.15, -0.1) is 0 Å². The van der Waals surface area contributed by atoms with Crippen molar-refractivity contribution in [2.45, 2.75) is 31.6 Å². The van der Waals surface area contributed by atoms with Gasteiger partial charge in [0.25, 0.3) is 0 Å². The summed E-state index contributed by atoms with van der Waals surface area (Å²) >= 11 is 3.38. The van der Waals surface area contributed by atoms with E-state index in [-0.39, 0.29) is 11.8 Å². The highest BCUT2D eigenvalue weighted by atomic mass is 79.9. The van der Waals surface area contributed by atoms with Gasteiger partial charge in [0.05, 0.1) is 5.92 Å². The first-order chi connectivity index (χ1) is 9.58. The molecule has 1 saturated carbocycles. The molecular formula is C12H14BrN5O2. The van der Waals surface area contributed by atoms with Crippen molar-refractivity contribution in [3.05, 3.63) is 16.8 Å². The summed E-state index contributed by atoms with van der Waals surface area (Å²) in [5.41, 5.74) is 6.51. The number of imidazole rings is 1. The second-order valence-electron chi connectivity index (χ2n) is 5.05. The van der Waals surface area contributed by atoms with Crippen LogP contribution in [0.15, 0.2) is 10.9 Å². The Balaban J connectivity index is 1.92. The van der Waals surface area contributed by atoms with E-state index in [0.717, 1.165) is 18.7 Å². The molecule has 1 aliphatic rings. The molecule has 0 aromatic carbocycles. The van der Waals surface area contributed by atoms with Gasteiger partial charge < -0.3 is 10.8 Å². The predicted octanol–water partition coefficient (Wildman–Crippen LogP) is 1.83. The van der Waals surface area contributed by atoms with Crippen LogP contribution in [0.5, 0.6) is 0 Å². The molecule has 0 aliphatic heterocycles. The molecule has 8 heteroatoms. The van der Waals surface area contributed by atoms with Crippen LogP contribution in [0.4, 0.5) is 5.82 Å². The van der Waals surface area contributed by atoms with E-state index in [0.29, 0.717) is 28.8 Å². The first kappa shape index (κ1) is 13.3. The van der Waals surface area contributed by atoms with Crippen molar-refractivity contribution in [1.29, 1.82) is 0 Å². The number of hydrogen-bond acceptors (Lipinski definition) is 5. The fourth-order valence-corrected chi connectivity index (χ4v) is 3.35. The van der Waals surface area contributed by atoms with Gasteiger partial charge in [0.15, 0.2) is 5.82 Å². The lowest BCUT2D eigenvalue weighted by molar-refractivity contribution is -0.142. The molecule has 0 unspecified atom stereocenters. The van der Waals surface area contributed by atoms with Gasteiger partial charge in [-0.3, -0.25) is 4.79 Å². The minimum absolute atomic E-state index is 0.207. The molecule has 3 rings (SSSR count). The third kappa shape index (κ3) is 2.13. The number of fused-ring (bicyclic) bond motifs is 1. The molecule has 3 N–H and O–H groups in total. The summed E-state index contributed by atoms with van der Waals surface area (Å²) in [7, 11) is 0. The number of carboxylic acids is 1. The molecule has 106 valence electrons. The smallest absolute Gasteiger partial charge is 0.306 e. The van der Waals surface area contributed by atoms with E-state index < -0.39 is 5.97 Å². The highest BCUT2D eigenvalue weighted by Crippen LogP contribution is 2.37. The Morgan fingerprint density at radius 3 is 2.75 bits per heavy atom. The molecule has 20 heavy (non-hydrogen) atoms. The number of hydrogen-bond donors (Lipinski definition) is 2. The number of nitrogens with zero attached hydrogens (tertiary/aromatic N) is 4. The van der Waals surface area contributed by atoms with E-state index in [2.05, 4.69) is 31.0 Å². The minimum Gasteiger partial charge on any atom is -0.481 e. The van der Waals surface area contributed by atoms with Crippen molar-refractivity contribution in [3.8, 4) is 0 Å². The number of carboxylic acid groups (broad SMARTS) is 1. The van der Waals surface area contributed by atoms with Crippen LogP contribution < -0.4 is 5.73 Å². The lowest BCUT2D eigenvalue weighted by Gasteiger charge is -2.24. The number of nitrogen functional groups attached to an aromatic ring is 1. The second kappa shape index (κ2) is 5.01. The average Bonchev–Trinajstić information content (AvgIpc) is 2.77. The van der Waals surface area contributed by atoms with E-state index in [4.69, 9.17) is 10.8 Å². The first-order valence-electron chi connectivity index (χ1n) is 6.45. The highest BCUT2D eigenvalue weighted by molar-refractivity contribution is 9.10. The normalized spacial score (nSPS) is 23.1. The summed E-state index contributed by atoms with van der Waals surface area (Å²) in [5, 5.41) is 13.3. The SMILES string of the molecule is Nc1ncnn2c(C3CCC(C(=O)O)CC3)nc(Br)c12. The van der Waals surface area contributed by atoms with Crippen LogP contribution in [0, 0.1) is 5.92 Å². The number of anilines is 1. The molecule has 0 bridgehead atoms. The van der Waals surface area contributed by atoms with Crippen molar-refractivity contribution >= 4 is 33.2 Å². The molecule has 1 fully saturated rings. The van der Waals surface area contributed by atoms with Gasteiger partial charge in [-0.05, 0) is 41.6 Å². The monoisotopic (exact) mass is 339 g/mol. The molecule has 0 radical (unpaired) electrons. The van der Waals surface area contributed by atoms with Crippen molar-refractivity contribution in [2.75, 3.05) is 5.73 Å². The Hall–Kier alpha value is -1.70. The first-order valence-corrected chi connectivity index (χ1v) is 7.24. The number of carbonyl (C=O) groups is 1. The molecule has 2 aromatic rings. The zero-order chi connectivity index (χ0) is 14.3. The number of aliphatic carboxylic acids is 1. The quantitative estimate of drug-likeness (QED) is 0.864. The molecule has 1 aliphatic carbocycles. The van der Waals surface area contributed by atoms with Crippen molar-refractivity contribution in [3.63, 3.8) is 0 Å². The van der Waals surface area contributed by atoms with Gasteiger partial charge in [0.2, 0.25) is 0 Å². The fraction of sp³-hybridized carbons (Fsp3) is 0.500. The molecular weight excluding hydrogens is 326 g/mol. The molecule has 2 heterocycles. The van der Waals surface area contributed by atoms with Crippen molar-refractivity contribution in [2.24, 2.45) is 5.92 Å². The molecule has 0 atom stereocenters. The van der Waals surface area contributed by atoms with Crippen molar-refractivity contribution in [1.82, 2.24) is 19.6 Å². The Kier molecular flexibility index (Phi) is 3.33. The summed E-state index contributed by atoms with van der Waals surface area (Å²) in [5.74, 6) is 0.471. The Bertz CT molecular complexity index is 663. The predicted molar refractivity (Wildman–Crippen MR) is 75.2 cm³/mol. The molecule has 0 spiro atoms. The Labute approximate surface area is 123 Å². The zero-order valence-electron chi connectivity index (χ0n) is 10.7. The van der Waals surface area contributed by atoms with Gasteiger partial charge in [0.1, 0.15) is 22.3 Å². The number of halogens is 1. The van der Waals surface area contributed by atoms with Gasteiger partial charge in [-0.1, -0.05) is 0 Å². The fourth-order valence-electron chi connectivity index (χ4n) is 2.80. The number of nitrogens with two attached hydrogens (primary N) is 1. The number of aromatic nitrogens is 4. The lowest BCUT2D eigenvalue weighted by atomic mass is 9.82. The van der Waals surface area contributed by atoms with Crippen LogP contribution in [-0.2, 0) is 4.79 Å².